The number of nitrogens with one attached hydrogen (secondary N) is 1. The zero-order valence-electron chi connectivity index (χ0n) is 12.8. The molecule has 2 aromatic carbocycles. The van der Waals surface area contributed by atoms with Gasteiger partial charge in [0, 0.05) is 16.3 Å². The molecule has 0 aliphatic carbocycles. The Morgan fingerprint density at radius 1 is 1.14 bits per heavy atom. The first kappa shape index (κ1) is 16.4. The first-order valence-corrected chi connectivity index (χ1v) is 8.06. The predicted molar refractivity (Wildman–Crippen MR) is 93.2 cm³/mol. The third-order valence-electron chi connectivity index (χ3n) is 3.24. The Bertz CT molecular complexity index is 653. The van der Waals surface area contributed by atoms with Crippen LogP contribution in [0.15, 0.2) is 52.4 Å². The highest BCUT2D eigenvalue weighted by Gasteiger charge is 1.98. The van der Waals surface area contributed by atoms with E-state index in [-0.39, 0.29) is 5.82 Å². The zero-order valence-corrected chi connectivity index (χ0v) is 13.6. The molecule has 0 aromatic heterocycles. The Kier molecular flexibility index (Phi) is 5.83. The quantitative estimate of drug-likeness (QED) is 0.380. The standard InChI is InChI=1S/C17H20FN3S/c1-12-3-6-15(11-13(12)2)21-17(19)20-9-10-22-16-7-4-14(18)5-8-16/h3-8,11H,9-10H2,1-2H3,(H3,19,20,21). The van der Waals surface area contributed by atoms with Crippen LogP contribution in [-0.4, -0.2) is 18.3 Å². The molecule has 0 aliphatic heterocycles. The average Bonchev–Trinajstić information content (AvgIpc) is 2.49. The summed E-state index contributed by atoms with van der Waals surface area (Å²) in [7, 11) is 0. The average molecular weight is 317 g/mol. The van der Waals surface area contributed by atoms with Crippen molar-refractivity contribution in [1.82, 2.24) is 0 Å². The van der Waals surface area contributed by atoms with Crippen LogP contribution in [0.3, 0.4) is 0 Å². The smallest absolute Gasteiger partial charge is 0.193 e. The third kappa shape index (κ3) is 5.07. The van der Waals surface area contributed by atoms with Crippen molar-refractivity contribution in [1.29, 1.82) is 0 Å². The Morgan fingerprint density at radius 3 is 2.55 bits per heavy atom. The number of hydrogen-bond acceptors (Lipinski definition) is 2. The van der Waals surface area contributed by atoms with Crippen LogP contribution in [0, 0.1) is 19.7 Å². The molecule has 0 fully saturated rings. The Balaban J connectivity index is 1.79. The molecule has 3 N–H and O–H groups in total. The van der Waals surface area contributed by atoms with Crippen molar-refractivity contribution in [3.8, 4) is 0 Å². The van der Waals surface area contributed by atoms with Gasteiger partial charge in [-0.3, -0.25) is 4.99 Å². The maximum Gasteiger partial charge on any atom is 0.193 e. The van der Waals surface area contributed by atoms with E-state index in [4.69, 9.17) is 5.73 Å². The highest BCUT2D eigenvalue weighted by atomic mass is 32.2. The minimum Gasteiger partial charge on any atom is -0.370 e. The van der Waals surface area contributed by atoms with Gasteiger partial charge in [0.2, 0.25) is 0 Å². The maximum atomic E-state index is 12.8. The fourth-order valence-electron chi connectivity index (χ4n) is 1.87. The number of nitrogens with zero attached hydrogens (tertiary/aromatic N) is 1. The fourth-order valence-corrected chi connectivity index (χ4v) is 2.61. The maximum absolute atomic E-state index is 12.8. The summed E-state index contributed by atoms with van der Waals surface area (Å²) in [5.41, 5.74) is 9.27. The van der Waals surface area contributed by atoms with Crippen LogP contribution in [0.2, 0.25) is 0 Å². The summed E-state index contributed by atoms with van der Waals surface area (Å²) in [6.07, 6.45) is 0. The van der Waals surface area contributed by atoms with Gasteiger partial charge < -0.3 is 11.1 Å². The molecule has 0 atom stereocenters. The number of anilines is 1. The van der Waals surface area contributed by atoms with E-state index in [1.807, 2.05) is 12.1 Å². The van der Waals surface area contributed by atoms with E-state index in [1.165, 1.54) is 23.3 Å². The van der Waals surface area contributed by atoms with Crippen molar-refractivity contribution >= 4 is 23.4 Å². The SMILES string of the molecule is Cc1ccc(NC(N)=NCCSc2ccc(F)cc2)cc1C. The molecule has 0 radical (unpaired) electrons. The molecule has 2 rings (SSSR count). The molecule has 0 aliphatic rings. The minimum absolute atomic E-state index is 0.218. The van der Waals surface area contributed by atoms with Crippen molar-refractivity contribution < 1.29 is 4.39 Å². The molecule has 22 heavy (non-hydrogen) atoms. The van der Waals surface area contributed by atoms with Crippen LogP contribution in [-0.2, 0) is 0 Å². The second kappa shape index (κ2) is 7.84. The molecular weight excluding hydrogens is 297 g/mol. The monoisotopic (exact) mass is 317 g/mol. The van der Waals surface area contributed by atoms with E-state index >= 15 is 0 Å². The summed E-state index contributed by atoms with van der Waals surface area (Å²) >= 11 is 1.62. The summed E-state index contributed by atoms with van der Waals surface area (Å²) < 4.78 is 12.8. The first-order chi connectivity index (χ1) is 10.5. The summed E-state index contributed by atoms with van der Waals surface area (Å²) in [6.45, 7) is 4.74. The van der Waals surface area contributed by atoms with E-state index in [1.54, 1.807) is 23.9 Å². The number of thioether (sulfide) groups is 1. The normalized spacial score (nSPS) is 11.5. The van der Waals surface area contributed by atoms with Crippen LogP contribution in [0.5, 0.6) is 0 Å². The Hall–Kier alpha value is -2.01. The van der Waals surface area contributed by atoms with Crippen molar-refractivity contribution in [3.05, 3.63) is 59.4 Å². The molecule has 116 valence electrons. The predicted octanol–water partition coefficient (Wildman–Crippen LogP) is 3.96. The minimum atomic E-state index is -0.218. The number of hydrogen-bond donors (Lipinski definition) is 2. The van der Waals surface area contributed by atoms with Gasteiger partial charge in [0.15, 0.2) is 5.96 Å². The molecular formula is C17H20FN3S. The van der Waals surface area contributed by atoms with Crippen LogP contribution < -0.4 is 11.1 Å². The van der Waals surface area contributed by atoms with Gasteiger partial charge in [-0.1, -0.05) is 6.07 Å². The number of aryl methyl sites for hydroxylation is 2. The largest absolute Gasteiger partial charge is 0.370 e. The highest BCUT2D eigenvalue weighted by molar-refractivity contribution is 7.99. The molecule has 0 bridgehead atoms. The topological polar surface area (TPSA) is 50.4 Å². The van der Waals surface area contributed by atoms with Crippen LogP contribution in [0.1, 0.15) is 11.1 Å². The van der Waals surface area contributed by atoms with Gasteiger partial charge in [-0.15, -0.1) is 11.8 Å². The van der Waals surface area contributed by atoms with Gasteiger partial charge in [0.25, 0.3) is 0 Å². The van der Waals surface area contributed by atoms with E-state index < -0.39 is 0 Å². The zero-order chi connectivity index (χ0) is 15.9. The van der Waals surface area contributed by atoms with Crippen molar-refractivity contribution in [2.75, 3.05) is 17.6 Å². The van der Waals surface area contributed by atoms with Gasteiger partial charge in [0.1, 0.15) is 5.82 Å². The number of rotatable bonds is 5. The van der Waals surface area contributed by atoms with E-state index in [2.05, 4.69) is 30.2 Å². The van der Waals surface area contributed by atoms with E-state index in [9.17, 15) is 4.39 Å². The lowest BCUT2D eigenvalue weighted by Gasteiger charge is -2.08. The first-order valence-electron chi connectivity index (χ1n) is 7.07. The number of aliphatic imine (C=N–C) groups is 1. The summed E-state index contributed by atoms with van der Waals surface area (Å²) in [5.74, 6) is 0.980. The summed E-state index contributed by atoms with van der Waals surface area (Å²) in [5, 5.41) is 3.08. The number of benzene rings is 2. The molecule has 5 heteroatoms. The van der Waals surface area contributed by atoms with Crippen LogP contribution in [0.25, 0.3) is 0 Å². The van der Waals surface area contributed by atoms with E-state index in [0.29, 0.717) is 12.5 Å². The molecule has 0 unspecified atom stereocenters. The lowest BCUT2D eigenvalue weighted by Crippen LogP contribution is -2.23. The van der Waals surface area contributed by atoms with Crippen molar-refractivity contribution in [3.63, 3.8) is 0 Å². The Labute approximate surface area is 134 Å². The van der Waals surface area contributed by atoms with Gasteiger partial charge in [-0.05, 0) is 61.4 Å². The van der Waals surface area contributed by atoms with Crippen LogP contribution in [0.4, 0.5) is 10.1 Å². The number of halogens is 1. The second-order valence-corrected chi connectivity index (χ2v) is 6.16. The fraction of sp³-hybridized carbons (Fsp3) is 0.235. The molecule has 2 aromatic rings. The van der Waals surface area contributed by atoms with E-state index in [0.717, 1.165) is 16.3 Å². The number of nitrogens with two attached hydrogens (primary N) is 1. The Morgan fingerprint density at radius 2 is 1.86 bits per heavy atom. The van der Waals surface area contributed by atoms with Gasteiger partial charge in [0.05, 0.1) is 6.54 Å². The van der Waals surface area contributed by atoms with Gasteiger partial charge >= 0.3 is 0 Å². The molecule has 0 saturated heterocycles. The lowest BCUT2D eigenvalue weighted by molar-refractivity contribution is 0.626. The third-order valence-corrected chi connectivity index (χ3v) is 4.23. The second-order valence-electron chi connectivity index (χ2n) is 4.99. The summed E-state index contributed by atoms with van der Waals surface area (Å²) in [6, 6.07) is 12.5. The number of guanidine groups is 1. The van der Waals surface area contributed by atoms with Gasteiger partial charge in [-0.25, -0.2) is 4.39 Å². The highest BCUT2D eigenvalue weighted by Crippen LogP contribution is 2.17. The van der Waals surface area contributed by atoms with Crippen molar-refractivity contribution in [2.24, 2.45) is 10.7 Å². The summed E-state index contributed by atoms with van der Waals surface area (Å²) in [4.78, 5) is 5.32. The molecule has 0 amide bonds. The lowest BCUT2D eigenvalue weighted by atomic mass is 10.1. The molecule has 0 spiro atoms. The van der Waals surface area contributed by atoms with Crippen molar-refractivity contribution in [2.45, 2.75) is 18.7 Å². The molecule has 0 saturated carbocycles. The van der Waals surface area contributed by atoms with Crippen LogP contribution >= 0.6 is 11.8 Å². The molecule has 0 heterocycles. The van der Waals surface area contributed by atoms with Gasteiger partial charge in [-0.2, -0.15) is 0 Å². The molecule has 3 nitrogen and oxygen atoms in total.